The molecular formula is C9H6BrF3O. The van der Waals surface area contributed by atoms with Gasteiger partial charge in [0.05, 0.1) is 5.56 Å². The lowest BCUT2D eigenvalue weighted by atomic mass is 10.0. The smallest absolute Gasteiger partial charge is 0.265 e. The number of hydrogen-bond acceptors (Lipinski definition) is 1. The van der Waals surface area contributed by atoms with Gasteiger partial charge in [0.1, 0.15) is 5.82 Å². The SMILES string of the molecule is CC(=O)c1c(F)ccc(Br)c1C(F)F. The molecule has 0 aliphatic rings. The summed E-state index contributed by atoms with van der Waals surface area (Å²) in [5, 5.41) is 0. The zero-order valence-corrected chi connectivity index (χ0v) is 8.74. The van der Waals surface area contributed by atoms with Gasteiger partial charge in [0.25, 0.3) is 6.43 Å². The van der Waals surface area contributed by atoms with Gasteiger partial charge in [-0.2, -0.15) is 0 Å². The lowest BCUT2D eigenvalue weighted by molar-refractivity contribution is 0.0993. The second-order valence-electron chi connectivity index (χ2n) is 2.67. The van der Waals surface area contributed by atoms with Crippen molar-refractivity contribution in [3.63, 3.8) is 0 Å². The predicted molar refractivity (Wildman–Crippen MR) is 49.1 cm³/mol. The molecule has 0 aromatic heterocycles. The number of halogens is 4. The maximum atomic E-state index is 13.1. The van der Waals surface area contributed by atoms with Crippen molar-refractivity contribution in [2.75, 3.05) is 0 Å². The summed E-state index contributed by atoms with van der Waals surface area (Å²) in [6.07, 6.45) is -2.88. The largest absolute Gasteiger partial charge is 0.294 e. The molecule has 0 fully saturated rings. The van der Waals surface area contributed by atoms with Gasteiger partial charge >= 0.3 is 0 Å². The van der Waals surface area contributed by atoms with Gasteiger partial charge in [0, 0.05) is 10.0 Å². The molecule has 0 unspecified atom stereocenters. The minimum Gasteiger partial charge on any atom is -0.294 e. The summed E-state index contributed by atoms with van der Waals surface area (Å²) in [5.41, 5.74) is -1.13. The van der Waals surface area contributed by atoms with E-state index in [1.165, 1.54) is 0 Å². The average molecular weight is 267 g/mol. The molecule has 0 atom stereocenters. The van der Waals surface area contributed by atoms with Gasteiger partial charge in [0.15, 0.2) is 5.78 Å². The van der Waals surface area contributed by atoms with Crippen molar-refractivity contribution in [2.45, 2.75) is 13.3 Å². The lowest BCUT2D eigenvalue weighted by Crippen LogP contribution is -2.04. The van der Waals surface area contributed by atoms with E-state index in [1.807, 2.05) is 0 Å². The number of benzene rings is 1. The minimum atomic E-state index is -2.88. The van der Waals surface area contributed by atoms with E-state index in [0.717, 1.165) is 19.1 Å². The Balaban J connectivity index is 3.50. The molecule has 0 spiro atoms. The van der Waals surface area contributed by atoms with Gasteiger partial charge in [-0.05, 0) is 19.1 Å². The van der Waals surface area contributed by atoms with Crippen LogP contribution in [0, 0.1) is 5.82 Å². The van der Waals surface area contributed by atoms with Gasteiger partial charge in [-0.25, -0.2) is 13.2 Å². The summed E-state index contributed by atoms with van der Waals surface area (Å²) in [6.45, 7) is 1.05. The monoisotopic (exact) mass is 266 g/mol. The fourth-order valence-electron chi connectivity index (χ4n) is 1.14. The molecule has 0 heterocycles. The van der Waals surface area contributed by atoms with Crippen molar-refractivity contribution in [1.82, 2.24) is 0 Å². The van der Waals surface area contributed by atoms with E-state index in [-0.39, 0.29) is 4.47 Å². The predicted octanol–water partition coefficient (Wildman–Crippen LogP) is 3.73. The zero-order chi connectivity index (χ0) is 10.9. The minimum absolute atomic E-state index is 0.0408. The van der Waals surface area contributed by atoms with Crippen LogP contribution in [0.25, 0.3) is 0 Å². The number of carbonyl (C=O) groups excluding carboxylic acids is 1. The molecule has 1 aromatic carbocycles. The number of alkyl halides is 2. The van der Waals surface area contributed by atoms with Crippen LogP contribution in [-0.4, -0.2) is 5.78 Å². The summed E-state index contributed by atoms with van der Waals surface area (Å²) in [7, 11) is 0. The highest BCUT2D eigenvalue weighted by molar-refractivity contribution is 9.10. The Morgan fingerprint density at radius 2 is 2.00 bits per heavy atom. The molecule has 1 aromatic rings. The van der Waals surface area contributed by atoms with Gasteiger partial charge in [-0.3, -0.25) is 4.79 Å². The van der Waals surface area contributed by atoms with Crippen LogP contribution in [0.2, 0.25) is 0 Å². The maximum absolute atomic E-state index is 13.1. The van der Waals surface area contributed by atoms with Crippen molar-refractivity contribution in [1.29, 1.82) is 0 Å². The van der Waals surface area contributed by atoms with Crippen LogP contribution in [0.1, 0.15) is 29.3 Å². The van der Waals surface area contributed by atoms with Gasteiger partial charge < -0.3 is 0 Å². The van der Waals surface area contributed by atoms with Crippen molar-refractivity contribution < 1.29 is 18.0 Å². The summed E-state index contributed by atoms with van der Waals surface area (Å²) in [4.78, 5) is 10.9. The Kier molecular flexibility index (Phi) is 3.31. The zero-order valence-electron chi connectivity index (χ0n) is 7.15. The number of carbonyl (C=O) groups is 1. The van der Waals surface area contributed by atoms with Crippen LogP contribution in [0.4, 0.5) is 13.2 Å². The Morgan fingerprint density at radius 3 is 2.36 bits per heavy atom. The third kappa shape index (κ3) is 1.97. The molecule has 0 N–H and O–H groups in total. The second kappa shape index (κ2) is 4.13. The van der Waals surface area contributed by atoms with E-state index in [4.69, 9.17) is 0 Å². The van der Waals surface area contributed by atoms with E-state index in [9.17, 15) is 18.0 Å². The van der Waals surface area contributed by atoms with E-state index >= 15 is 0 Å². The average Bonchev–Trinajstić information content (AvgIpc) is 2.07. The van der Waals surface area contributed by atoms with Crippen molar-refractivity contribution in [3.8, 4) is 0 Å². The number of ketones is 1. The van der Waals surface area contributed by atoms with Crippen LogP contribution in [0.3, 0.4) is 0 Å². The summed E-state index contributed by atoms with van der Waals surface area (Å²) < 4.78 is 38.1. The standard InChI is InChI=1S/C9H6BrF3O/c1-4(14)7-6(11)3-2-5(10)8(7)9(12)13/h2-3,9H,1H3. The first-order valence-electron chi connectivity index (χ1n) is 3.72. The van der Waals surface area contributed by atoms with E-state index < -0.39 is 29.2 Å². The summed E-state index contributed by atoms with van der Waals surface area (Å²) in [6, 6.07) is 2.13. The van der Waals surface area contributed by atoms with Gasteiger partial charge in [-0.1, -0.05) is 15.9 Å². The first-order valence-corrected chi connectivity index (χ1v) is 4.51. The molecule has 0 amide bonds. The third-order valence-electron chi connectivity index (χ3n) is 1.71. The first-order chi connectivity index (χ1) is 6.45. The topological polar surface area (TPSA) is 17.1 Å². The van der Waals surface area contributed by atoms with Crippen LogP contribution >= 0.6 is 15.9 Å². The second-order valence-corrected chi connectivity index (χ2v) is 3.53. The first kappa shape index (κ1) is 11.2. The van der Waals surface area contributed by atoms with Gasteiger partial charge in [0.2, 0.25) is 0 Å². The molecule has 0 radical (unpaired) electrons. The molecule has 0 aliphatic heterocycles. The van der Waals surface area contributed by atoms with Crippen molar-refractivity contribution in [2.24, 2.45) is 0 Å². The molecule has 0 aliphatic carbocycles. The van der Waals surface area contributed by atoms with Crippen LogP contribution in [-0.2, 0) is 0 Å². The normalized spacial score (nSPS) is 10.7. The lowest BCUT2D eigenvalue weighted by Gasteiger charge is -2.09. The maximum Gasteiger partial charge on any atom is 0.265 e. The molecular weight excluding hydrogens is 261 g/mol. The Labute approximate surface area is 87.1 Å². The van der Waals surface area contributed by atoms with E-state index in [1.54, 1.807) is 0 Å². The quantitative estimate of drug-likeness (QED) is 0.746. The highest BCUT2D eigenvalue weighted by atomic mass is 79.9. The van der Waals surface area contributed by atoms with Crippen LogP contribution in [0.5, 0.6) is 0 Å². The summed E-state index contributed by atoms with van der Waals surface area (Å²) >= 11 is 2.85. The summed E-state index contributed by atoms with van der Waals surface area (Å²) in [5.74, 6) is -1.63. The fourth-order valence-corrected chi connectivity index (χ4v) is 1.64. The number of rotatable bonds is 2. The highest BCUT2D eigenvalue weighted by Crippen LogP contribution is 2.32. The molecule has 1 rings (SSSR count). The fraction of sp³-hybridized carbons (Fsp3) is 0.222. The Hall–Kier alpha value is -0.840. The van der Waals surface area contributed by atoms with Crippen LogP contribution in [0.15, 0.2) is 16.6 Å². The van der Waals surface area contributed by atoms with Crippen molar-refractivity contribution in [3.05, 3.63) is 33.5 Å². The molecule has 0 saturated carbocycles. The molecule has 5 heteroatoms. The van der Waals surface area contributed by atoms with Gasteiger partial charge in [-0.15, -0.1) is 0 Å². The molecule has 0 bridgehead atoms. The Morgan fingerprint density at radius 1 is 1.43 bits per heavy atom. The number of hydrogen-bond donors (Lipinski definition) is 0. The van der Waals surface area contributed by atoms with Crippen LogP contribution < -0.4 is 0 Å². The molecule has 14 heavy (non-hydrogen) atoms. The Bertz CT molecular complexity index is 377. The van der Waals surface area contributed by atoms with E-state index in [2.05, 4.69) is 15.9 Å². The van der Waals surface area contributed by atoms with Crippen molar-refractivity contribution >= 4 is 21.7 Å². The number of Topliss-reactive ketones (excluding diaryl/α,β-unsaturated/α-hetero) is 1. The third-order valence-corrected chi connectivity index (χ3v) is 2.40. The molecule has 0 saturated heterocycles. The molecule has 1 nitrogen and oxygen atoms in total. The highest BCUT2D eigenvalue weighted by Gasteiger charge is 2.22. The van der Waals surface area contributed by atoms with E-state index in [0.29, 0.717) is 0 Å². The molecule has 76 valence electrons.